The zero-order chi connectivity index (χ0) is 13.1. The molecule has 94 valence electrons. The summed E-state index contributed by atoms with van der Waals surface area (Å²) in [4.78, 5) is 0. The first-order valence-corrected chi connectivity index (χ1v) is 6.88. The molecule has 0 saturated carbocycles. The second-order valence-corrected chi connectivity index (χ2v) is 5.56. The van der Waals surface area contributed by atoms with Crippen molar-refractivity contribution in [1.82, 2.24) is 0 Å². The molecule has 2 aromatic carbocycles. The molecule has 18 heavy (non-hydrogen) atoms. The molecule has 0 N–H and O–H groups in total. The van der Waals surface area contributed by atoms with Gasteiger partial charge in [0.05, 0.1) is 5.02 Å². The maximum absolute atomic E-state index is 6.10. The van der Waals surface area contributed by atoms with Gasteiger partial charge >= 0.3 is 0 Å². The smallest absolute Gasteiger partial charge is 0.139 e. The molecular formula is C15H14BrClO. The molecule has 2 aromatic rings. The molecule has 3 heteroatoms. The molecule has 0 heterocycles. The molecule has 0 fully saturated rings. The van der Waals surface area contributed by atoms with Crippen LogP contribution in [0.3, 0.4) is 0 Å². The van der Waals surface area contributed by atoms with E-state index in [-0.39, 0.29) is 0 Å². The second-order valence-electron chi connectivity index (χ2n) is 4.23. The third-order valence-electron chi connectivity index (χ3n) is 2.91. The Balaban J connectivity index is 2.19. The van der Waals surface area contributed by atoms with Crippen LogP contribution in [-0.4, -0.2) is 0 Å². The van der Waals surface area contributed by atoms with Crippen LogP contribution in [0.2, 0.25) is 5.02 Å². The van der Waals surface area contributed by atoms with Gasteiger partial charge in [0, 0.05) is 4.47 Å². The van der Waals surface area contributed by atoms with E-state index in [0.717, 1.165) is 4.47 Å². The van der Waals surface area contributed by atoms with Gasteiger partial charge < -0.3 is 4.74 Å². The third kappa shape index (κ3) is 3.06. The van der Waals surface area contributed by atoms with Crippen molar-refractivity contribution in [2.75, 3.05) is 0 Å². The van der Waals surface area contributed by atoms with E-state index in [2.05, 4.69) is 48.0 Å². The van der Waals surface area contributed by atoms with Crippen LogP contribution < -0.4 is 4.74 Å². The Morgan fingerprint density at radius 1 is 1.11 bits per heavy atom. The van der Waals surface area contributed by atoms with Gasteiger partial charge in [0.25, 0.3) is 0 Å². The minimum absolute atomic E-state index is 0.536. The number of halogens is 2. The van der Waals surface area contributed by atoms with Crippen LogP contribution in [0, 0.1) is 13.8 Å². The van der Waals surface area contributed by atoms with Gasteiger partial charge in [-0.3, -0.25) is 0 Å². The van der Waals surface area contributed by atoms with Crippen molar-refractivity contribution in [2.24, 2.45) is 0 Å². The maximum atomic E-state index is 6.10. The molecule has 0 aliphatic heterocycles. The molecule has 0 aromatic heterocycles. The first-order valence-electron chi connectivity index (χ1n) is 5.71. The summed E-state index contributed by atoms with van der Waals surface area (Å²) in [5.41, 5.74) is 3.69. The van der Waals surface area contributed by atoms with E-state index in [1.165, 1.54) is 16.7 Å². The Morgan fingerprint density at radius 3 is 2.44 bits per heavy atom. The molecular weight excluding hydrogens is 312 g/mol. The highest BCUT2D eigenvalue weighted by Gasteiger charge is 2.06. The van der Waals surface area contributed by atoms with Crippen molar-refractivity contribution in [2.45, 2.75) is 20.5 Å². The highest BCUT2D eigenvalue weighted by Crippen LogP contribution is 2.29. The van der Waals surface area contributed by atoms with Crippen LogP contribution in [0.5, 0.6) is 5.75 Å². The van der Waals surface area contributed by atoms with E-state index in [0.29, 0.717) is 17.4 Å². The minimum atomic E-state index is 0.536. The normalized spacial score (nSPS) is 10.4. The Bertz CT molecular complexity index is 546. The summed E-state index contributed by atoms with van der Waals surface area (Å²) < 4.78 is 6.76. The zero-order valence-electron chi connectivity index (χ0n) is 10.3. The molecule has 1 nitrogen and oxygen atoms in total. The minimum Gasteiger partial charge on any atom is -0.487 e. The number of benzene rings is 2. The van der Waals surface area contributed by atoms with Gasteiger partial charge in [0.2, 0.25) is 0 Å². The third-order valence-corrected chi connectivity index (χ3v) is 3.72. The van der Waals surface area contributed by atoms with Gasteiger partial charge in [0.15, 0.2) is 0 Å². The predicted molar refractivity (Wildman–Crippen MR) is 79.4 cm³/mol. The van der Waals surface area contributed by atoms with E-state index in [4.69, 9.17) is 16.3 Å². The van der Waals surface area contributed by atoms with Gasteiger partial charge in [-0.05, 0) is 48.7 Å². The van der Waals surface area contributed by atoms with E-state index in [1.54, 1.807) is 0 Å². The summed E-state index contributed by atoms with van der Waals surface area (Å²) in [5, 5.41) is 0.629. The monoisotopic (exact) mass is 324 g/mol. The fourth-order valence-electron chi connectivity index (χ4n) is 1.81. The lowest BCUT2D eigenvalue weighted by Gasteiger charge is -2.12. The van der Waals surface area contributed by atoms with Crippen LogP contribution in [0.4, 0.5) is 0 Å². The van der Waals surface area contributed by atoms with Gasteiger partial charge in [-0.1, -0.05) is 45.7 Å². The van der Waals surface area contributed by atoms with E-state index >= 15 is 0 Å². The van der Waals surface area contributed by atoms with Gasteiger partial charge in [-0.15, -0.1) is 0 Å². The summed E-state index contributed by atoms with van der Waals surface area (Å²) in [6.07, 6.45) is 0. The molecule has 0 spiro atoms. The van der Waals surface area contributed by atoms with Crippen LogP contribution in [0.1, 0.15) is 16.7 Å². The molecule has 0 aliphatic carbocycles. The van der Waals surface area contributed by atoms with Crippen molar-refractivity contribution in [3.63, 3.8) is 0 Å². The summed E-state index contributed by atoms with van der Waals surface area (Å²) in [7, 11) is 0. The zero-order valence-corrected chi connectivity index (χ0v) is 12.7. The van der Waals surface area contributed by atoms with Crippen LogP contribution in [0.15, 0.2) is 40.9 Å². The topological polar surface area (TPSA) is 9.23 Å². The Hall–Kier alpha value is -0.990. The van der Waals surface area contributed by atoms with Crippen LogP contribution in [-0.2, 0) is 6.61 Å². The summed E-state index contributed by atoms with van der Waals surface area (Å²) in [5.74, 6) is 0.702. The average molecular weight is 326 g/mol. The van der Waals surface area contributed by atoms with Crippen LogP contribution >= 0.6 is 27.5 Å². The average Bonchev–Trinajstić information content (AvgIpc) is 2.33. The summed E-state index contributed by atoms with van der Waals surface area (Å²) in [6, 6.07) is 11.8. The summed E-state index contributed by atoms with van der Waals surface area (Å²) >= 11 is 9.51. The largest absolute Gasteiger partial charge is 0.487 e. The molecule has 0 aliphatic rings. The van der Waals surface area contributed by atoms with Gasteiger partial charge in [-0.25, -0.2) is 0 Å². The molecule has 2 rings (SSSR count). The van der Waals surface area contributed by atoms with Crippen molar-refractivity contribution in [3.8, 4) is 5.75 Å². The molecule has 0 radical (unpaired) electrons. The number of ether oxygens (including phenoxy) is 1. The highest BCUT2D eigenvalue weighted by atomic mass is 79.9. The predicted octanol–water partition coefficient (Wildman–Crippen LogP) is 5.30. The van der Waals surface area contributed by atoms with Crippen molar-refractivity contribution in [3.05, 3.63) is 62.6 Å². The maximum Gasteiger partial charge on any atom is 0.139 e. The quantitative estimate of drug-likeness (QED) is 0.744. The van der Waals surface area contributed by atoms with Crippen LogP contribution in [0.25, 0.3) is 0 Å². The molecule has 0 bridgehead atoms. The standard InChI is InChI=1S/C15H14BrClO/c1-10-4-3-5-11(2)13(10)9-18-15-8-12(16)6-7-14(15)17/h3-8H,9H2,1-2H3. The number of hydrogen-bond acceptors (Lipinski definition) is 1. The van der Waals surface area contributed by atoms with Crippen molar-refractivity contribution < 1.29 is 4.74 Å². The first-order chi connectivity index (χ1) is 8.58. The van der Waals surface area contributed by atoms with E-state index in [9.17, 15) is 0 Å². The molecule has 0 unspecified atom stereocenters. The van der Waals surface area contributed by atoms with Gasteiger partial charge in [-0.2, -0.15) is 0 Å². The second kappa shape index (κ2) is 5.77. The SMILES string of the molecule is Cc1cccc(C)c1COc1cc(Br)ccc1Cl. The molecule has 0 saturated heterocycles. The Kier molecular flexibility index (Phi) is 4.31. The number of hydrogen-bond donors (Lipinski definition) is 0. The Morgan fingerprint density at radius 2 is 1.78 bits per heavy atom. The van der Waals surface area contributed by atoms with E-state index < -0.39 is 0 Å². The molecule has 0 amide bonds. The Labute approximate surface area is 121 Å². The van der Waals surface area contributed by atoms with Gasteiger partial charge in [0.1, 0.15) is 12.4 Å². The lowest BCUT2D eigenvalue weighted by atomic mass is 10.0. The fraction of sp³-hybridized carbons (Fsp3) is 0.200. The molecule has 0 atom stereocenters. The van der Waals surface area contributed by atoms with Crippen molar-refractivity contribution >= 4 is 27.5 Å². The highest BCUT2D eigenvalue weighted by molar-refractivity contribution is 9.10. The lowest BCUT2D eigenvalue weighted by Crippen LogP contribution is -2.00. The van der Waals surface area contributed by atoms with E-state index in [1.807, 2.05) is 18.2 Å². The lowest BCUT2D eigenvalue weighted by molar-refractivity contribution is 0.304. The van der Waals surface area contributed by atoms with Crippen molar-refractivity contribution in [1.29, 1.82) is 0 Å². The fourth-order valence-corrected chi connectivity index (χ4v) is 2.33. The number of aryl methyl sites for hydroxylation is 2. The first kappa shape index (κ1) is 13.4. The number of rotatable bonds is 3. The summed E-state index contributed by atoms with van der Waals surface area (Å²) in [6.45, 7) is 4.72.